The highest BCUT2D eigenvalue weighted by molar-refractivity contribution is 5.24. The largest absolute Gasteiger partial charge is 0.467 e. The van der Waals surface area contributed by atoms with Crippen LogP contribution in [-0.2, 0) is 6.54 Å². The predicted molar refractivity (Wildman–Crippen MR) is 91.2 cm³/mol. The van der Waals surface area contributed by atoms with Gasteiger partial charge in [0.25, 0.3) is 0 Å². The van der Waals surface area contributed by atoms with Gasteiger partial charge in [0.2, 0.25) is 5.82 Å². The van der Waals surface area contributed by atoms with Crippen molar-refractivity contribution in [3.05, 3.63) is 65.6 Å². The number of benzene rings is 1. The Morgan fingerprint density at radius 2 is 1.96 bits per heavy atom. The maximum Gasteiger partial charge on any atom is 0.214 e. The van der Waals surface area contributed by atoms with Gasteiger partial charge >= 0.3 is 0 Å². The summed E-state index contributed by atoms with van der Waals surface area (Å²) in [6.45, 7) is 4.40. The molecule has 136 valence electrons. The van der Waals surface area contributed by atoms with Crippen LogP contribution in [0.5, 0.6) is 0 Å². The molecule has 0 radical (unpaired) electrons. The highest BCUT2D eigenvalue weighted by Gasteiger charge is 2.36. The molecule has 1 aliphatic rings. The monoisotopic (exact) mass is 358 g/mol. The summed E-state index contributed by atoms with van der Waals surface area (Å²) in [6.07, 6.45) is 1.63. The van der Waals surface area contributed by atoms with Crippen molar-refractivity contribution in [1.82, 2.24) is 20.2 Å². The SMILES string of the molecule is C[NH+]1CC[NH+]([C@@H](c2ccccc2F)c2nnnn2Cc2ccco2)CC1. The molecule has 3 aromatic rings. The second-order valence-corrected chi connectivity index (χ2v) is 6.84. The van der Waals surface area contributed by atoms with Crippen molar-refractivity contribution in [2.75, 3.05) is 33.2 Å². The Bertz CT molecular complexity index is 841. The maximum absolute atomic E-state index is 14.7. The summed E-state index contributed by atoms with van der Waals surface area (Å²) < 4.78 is 21.8. The van der Waals surface area contributed by atoms with Crippen molar-refractivity contribution in [2.24, 2.45) is 0 Å². The van der Waals surface area contributed by atoms with E-state index >= 15 is 0 Å². The number of hydrogen-bond donors (Lipinski definition) is 2. The lowest BCUT2D eigenvalue weighted by Crippen LogP contribution is -3.27. The van der Waals surface area contributed by atoms with Crippen LogP contribution < -0.4 is 9.80 Å². The van der Waals surface area contributed by atoms with Gasteiger partial charge in [-0.25, -0.2) is 9.07 Å². The molecule has 0 amide bonds. The molecule has 2 aromatic heterocycles. The van der Waals surface area contributed by atoms with Crippen LogP contribution in [0.1, 0.15) is 23.2 Å². The highest BCUT2D eigenvalue weighted by atomic mass is 19.1. The molecule has 1 atom stereocenters. The van der Waals surface area contributed by atoms with E-state index in [0.29, 0.717) is 17.9 Å². The molecule has 4 rings (SSSR count). The lowest BCUT2D eigenvalue weighted by molar-refractivity contribution is -1.02. The molecule has 1 fully saturated rings. The molecule has 0 spiro atoms. The Balaban J connectivity index is 1.72. The fourth-order valence-corrected chi connectivity index (χ4v) is 3.62. The smallest absolute Gasteiger partial charge is 0.214 e. The Hall–Kier alpha value is -2.58. The number of tetrazole rings is 1. The van der Waals surface area contributed by atoms with Gasteiger partial charge in [-0.15, -0.1) is 5.10 Å². The van der Waals surface area contributed by atoms with Crippen molar-refractivity contribution < 1.29 is 18.6 Å². The molecule has 0 unspecified atom stereocenters. The molecule has 26 heavy (non-hydrogen) atoms. The van der Waals surface area contributed by atoms with E-state index in [2.05, 4.69) is 22.6 Å². The van der Waals surface area contributed by atoms with Crippen LogP contribution in [0.4, 0.5) is 4.39 Å². The van der Waals surface area contributed by atoms with E-state index in [9.17, 15) is 4.39 Å². The molecule has 1 aliphatic heterocycles. The number of aromatic nitrogens is 4. The molecule has 1 saturated heterocycles. The summed E-state index contributed by atoms with van der Waals surface area (Å²) in [5.41, 5.74) is 0.637. The zero-order chi connectivity index (χ0) is 17.9. The Labute approximate surface area is 151 Å². The van der Waals surface area contributed by atoms with Crippen LogP contribution in [0.3, 0.4) is 0 Å². The summed E-state index contributed by atoms with van der Waals surface area (Å²) in [5.74, 6) is 1.22. The lowest BCUT2D eigenvalue weighted by Gasteiger charge is -2.32. The molecular weight excluding hydrogens is 335 g/mol. The quantitative estimate of drug-likeness (QED) is 0.611. The zero-order valence-electron chi connectivity index (χ0n) is 14.7. The van der Waals surface area contributed by atoms with Crippen LogP contribution in [0.15, 0.2) is 47.1 Å². The van der Waals surface area contributed by atoms with E-state index in [1.807, 2.05) is 24.3 Å². The molecule has 2 N–H and O–H groups in total. The summed E-state index contributed by atoms with van der Waals surface area (Å²) in [6, 6.07) is 10.4. The number of furan rings is 1. The van der Waals surface area contributed by atoms with E-state index in [4.69, 9.17) is 4.42 Å². The maximum atomic E-state index is 14.7. The van der Waals surface area contributed by atoms with Crippen LogP contribution in [0, 0.1) is 5.82 Å². The van der Waals surface area contributed by atoms with Crippen LogP contribution in [0.25, 0.3) is 0 Å². The van der Waals surface area contributed by atoms with E-state index in [1.54, 1.807) is 17.0 Å². The first-order chi connectivity index (χ1) is 12.7. The van der Waals surface area contributed by atoms with Gasteiger partial charge in [-0.1, -0.05) is 12.1 Å². The minimum absolute atomic E-state index is 0.219. The highest BCUT2D eigenvalue weighted by Crippen LogP contribution is 2.20. The first kappa shape index (κ1) is 16.9. The van der Waals surface area contributed by atoms with E-state index < -0.39 is 0 Å². The Morgan fingerprint density at radius 1 is 1.15 bits per heavy atom. The number of rotatable bonds is 5. The number of halogens is 1. The average Bonchev–Trinajstić information content (AvgIpc) is 3.31. The summed E-state index contributed by atoms with van der Waals surface area (Å²) in [4.78, 5) is 2.78. The first-order valence-corrected chi connectivity index (χ1v) is 8.91. The van der Waals surface area contributed by atoms with E-state index in [0.717, 1.165) is 31.9 Å². The fraction of sp³-hybridized carbons (Fsp3) is 0.389. The number of nitrogens with one attached hydrogen (secondary N) is 2. The normalized spacial score (nSPS) is 21.6. The third-order valence-corrected chi connectivity index (χ3v) is 5.07. The van der Waals surface area contributed by atoms with Crippen molar-refractivity contribution in [2.45, 2.75) is 12.6 Å². The van der Waals surface area contributed by atoms with Gasteiger partial charge in [0.15, 0.2) is 6.04 Å². The van der Waals surface area contributed by atoms with Gasteiger partial charge in [-0.2, -0.15) is 0 Å². The predicted octanol–water partition coefficient (Wildman–Crippen LogP) is -1.04. The molecule has 8 heteroatoms. The number of piperazine rings is 1. The van der Waals surface area contributed by atoms with Gasteiger partial charge in [0.05, 0.1) is 18.9 Å². The zero-order valence-corrected chi connectivity index (χ0v) is 14.7. The third kappa shape index (κ3) is 3.38. The van der Waals surface area contributed by atoms with Gasteiger partial charge in [0.1, 0.15) is 44.3 Å². The number of quaternary nitrogens is 2. The molecule has 7 nitrogen and oxygen atoms in total. The summed E-state index contributed by atoms with van der Waals surface area (Å²) in [5, 5.41) is 12.3. The first-order valence-electron chi connectivity index (χ1n) is 8.91. The number of likely N-dealkylation sites (N-methyl/N-ethyl adjacent to an activating group) is 1. The van der Waals surface area contributed by atoms with Gasteiger partial charge in [0, 0.05) is 0 Å². The minimum Gasteiger partial charge on any atom is -0.467 e. The topological polar surface area (TPSA) is 65.6 Å². The standard InChI is InChI=1S/C18H21FN6O/c1-23-8-10-24(11-9-23)17(15-6-2-3-7-16(15)19)18-20-21-22-25(18)13-14-5-4-12-26-14/h2-7,12,17H,8-11,13H2,1H3/p+2/t17-/m0/s1. The van der Waals surface area contributed by atoms with Crippen molar-refractivity contribution in [3.8, 4) is 0 Å². The molecular formula is C18H23FN6O+2. The van der Waals surface area contributed by atoms with Gasteiger partial charge < -0.3 is 14.2 Å². The third-order valence-electron chi connectivity index (χ3n) is 5.07. The van der Waals surface area contributed by atoms with E-state index in [-0.39, 0.29) is 11.9 Å². The van der Waals surface area contributed by atoms with Gasteiger partial charge in [-0.3, -0.25) is 0 Å². The van der Waals surface area contributed by atoms with Crippen LogP contribution >= 0.6 is 0 Å². The Morgan fingerprint density at radius 3 is 2.69 bits per heavy atom. The van der Waals surface area contributed by atoms with Crippen molar-refractivity contribution >= 4 is 0 Å². The van der Waals surface area contributed by atoms with Crippen LogP contribution in [-0.4, -0.2) is 53.4 Å². The van der Waals surface area contributed by atoms with Crippen molar-refractivity contribution in [1.29, 1.82) is 0 Å². The van der Waals surface area contributed by atoms with Crippen LogP contribution in [0.2, 0.25) is 0 Å². The van der Waals surface area contributed by atoms with E-state index in [1.165, 1.54) is 15.9 Å². The molecule has 1 aromatic carbocycles. The number of nitrogens with zero attached hydrogens (tertiary/aromatic N) is 4. The summed E-state index contributed by atoms with van der Waals surface area (Å²) in [7, 11) is 2.19. The second-order valence-electron chi connectivity index (χ2n) is 6.84. The summed E-state index contributed by atoms with van der Waals surface area (Å²) >= 11 is 0. The molecule has 3 heterocycles. The Kier molecular flexibility index (Phi) is 4.77. The average molecular weight is 358 g/mol. The molecule has 0 aliphatic carbocycles. The van der Waals surface area contributed by atoms with Crippen molar-refractivity contribution in [3.63, 3.8) is 0 Å². The number of hydrogen-bond acceptors (Lipinski definition) is 4. The molecule has 0 saturated carbocycles. The molecule has 0 bridgehead atoms. The van der Waals surface area contributed by atoms with Gasteiger partial charge in [-0.05, 0) is 34.7 Å². The fourth-order valence-electron chi connectivity index (χ4n) is 3.62. The lowest BCUT2D eigenvalue weighted by atomic mass is 10.0. The minimum atomic E-state index is -0.241. The second kappa shape index (κ2) is 7.35.